The number of anilines is 1. The fraction of sp³-hybridized carbons (Fsp3) is 0.161. The molecule has 12 heteroatoms. The van der Waals surface area contributed by atoms with Gasteiger partial charge in [0.2, 0.25) is 10.0 Å². The van der Waals surface area contributed by atoms with Crippen molar-refractivity contribution in [3.05, 3.63) is 125 Å². The van der Waals surface area contributed by atoms with E-state index in [1.54, 1.807) is 35.6 Å². The number of carbonyl (C=O) groups is 1. The molecule has 9 nitrogen and oxygen atoms in total. The Hall–Kier alpha value is -4.16. The Balaban J connectivity index is 1.35. The molecule has 0 atom stereocenters. The number of rotatable bonds is 11. The third-order valence-electron chi connectivity index (χ3n) is 6.89. The van der Waals surface area contributed by atoms with E-state index >= 15 is 0 Å². The quantitative estimate of drug-likeness (QED) is 0.178. The largest absolute Gasteiger partial charge is 0.324 e. The summed E-state index contributed by atoms with van der Waals surface area (Å²) in [4.78, 5) is 28.4. The van der Waals surface area contributed by atoms with Gasteiger partial charge in [0.1, 0.15) is 10.0 Å². The second kappa shape index (κ2) is 13.9. The van der Waals surface area contributed by atoms with Crippen LogP contribution in [0.3, 0.4) is 0 Å². The first kappa shape index (κ1) is 30.3. The molecule has 3 N–H and O–H groups in total. The zero-order chi connectivity index (χ0) is 30.2. The Morgan fingerprint density at radius 1 is 0.930 bits per heavy atom. The number of sulfonamides is 1. The molecule has 2 aromatic heterocycles. The van der Waals surface area contributed by atoms with Gasteiger partial charge in [-0.25, -0.2) is 23.3 Å². The molecule has 220 valence electrons. The maximum absolute atomic E-state index is 13.7. The second-order valence-electron chi connectivity index (χ2n) is 9.74. The van der Waals surface area contributed by atoms with Crippen molar-refractivity contribution in [2.45, 2.75) is 23.7 Å². The molecule has 5 rings (SSSR count). The summed E-state index contributed by atoms with van der Waals surface area (Å²) in [5, 5.41) is 8.44. The van der Waals surface area contributed by atoms with Gasteiger partial charge in [-0.15, -0.1) is 0 Å². The number of hydrogen-bond donors (Lipinski definition) is 2. The predicted octanol–water partition coefficient (Wildman–Crippen LogP) is 6.20. The van der Waals surface area contributed by atoms with E-state index < -0.39 is 10.0 Å². The van der Waals surface area contributed by atoms with Crippen molar-refractivity contribution in [2.75, 3.05) is 18.4 Å². The molecule has 0 bridgehead atoms. The number of aromatic nitrogens is 3. The van der Waals surface area contributed by atoms with Crippen LogP contribution >= 0.6 is 22.9 Å². The van der Waals surface area contributed by atoms with Gasteiger partial charge in [0.05, 0.1) is 10.6 Å². The highest BCUT2D eigenvalue weighted by Gasteiger charge is 2.21. The van der Waals surface area contributed by atoms with Crippen molar-refractivity contribution in [3.8, 4) is 11.3 Å². The topological polar surface area (TPSA) is 131 Å². The maximum Gasteiger partial charge on any atom is 0.323 e. The van der Waals surface area contributed by atoms with Gasteiger partial charge >= 0.3 is 6.03 Å². The van der Waals surface area contributed by atoms with Gasteiger partial charge in [0, 0.05) is 49.6 Å². The van der Waals surface area contributed by atoms with Crippen LogP contribution in [0.15, 0.2) is 108 Å². The number of nitrogens with two attached hydrogens (primary N) is 1. The highest BCUT2D eigenvalue weighted by atomic mass is 35.5. The first-order chi connectivity index (χ1) is 20.8. The van der Waals surface area contributed by atoms with E-state index in [2.05, 4.69) is 44.5 Å². The van der Waals surface area contributed by atoms with Crippen molar-refractivity contribution in [2.24, 2.45) is 5.14 Å². The van der Waals surface area contributed by atoms with E-state index in [0.29, 0.717) is 46.7 Å². The minimum atomic E-state index is -3.83. The standard InChI is InChI=1S/C31H29ClN6O3S2/c32-29-28(24-11-13-26(14-12-24)43(33,40)41)36-30(42-29)37-31(39)38(19-15-25-21-34-17-18-35-25)20-16-27(22-7-3-1-4-8-22)23-9-5-2-6-10-23/h1-14,17-18,21,27H,15-16,19-20H2,(H2,33,40,41)(H,36,37,39). The number of urea groups is 1. The van der Waals surface area contributed by atoms with Gasteiger partial charge in [0.25, 0.3) is 0 Å². The number of benzene rings is 3. The number of nitrogens with one attached hydrogen (secondary N) is 1. The van der Waals surface area contributed by atoms with E-state index in [1.165, 1.54) is 23.3 Å². The van der Waals surface area contributed by atoms with Crippen LogP contribution in [0, 0.1) is 0 Å². The molecule has 2 heterocycles. The molecule has 5 aromatic rings. The number of hydrogen-bond acceptors (Lipinski definition) is 7. The van der Waals surface area contributed by atoms with E-state index in [-0.39, 0.29) is 16.8 Å². The van der Waals surface area contributed by atoms with Crippen molar-refractivity contribution in [1.29, 1.82) is 0 Å². The van der Waals surface area contributed by atoms with E-state index in [9.17, 15) is 13.2 Å². The zero-order valence-electron chi connectivity index (χ0n) is 23.0. The smallest absolute Gasteiger partial charge is 0.323 e. The van der Waals surface area contributed by atoms with Crippen LogP contribution in [-0.4, -0.2) is 47.4 Å². The molecule has 0 unspecified atom stereocenters. The summed E-state index contributed by atoms with van der Waals surface area (Å²) in [6.07, 6.45) is 6.17. The van der Waals surface area contributed by atoms with Crippen LogP contribution in [0.4, 0.5) is 9.93 Å². The third kappa shape index (κ3) is 8.02. The average molecular weight is 633 g/mol. The monoisotopic (exact) mass is 632 g/mol. The molecule has 0 fully saturated rings. The van der Waals surface area contributed by atoms with Crippen LogP contribution in [0.1, 0.15) is 29.2 Å². The highest BCUT2D eigenvalue weighted by molar-refractivity contribution is 7.89. The van der Waals surface area contributed by atoms with Crippen LogP contribution < -0.4 is 10.5 Å². The molecular formula is C31H29ClN6O3S2. The highest BCUT2D eigenvalue weighted by Crippen LogP contribution is 2.36. The molecule has 0 spiro atoms. The summed E-state index contributed by atoms with van der Waals surface area (Å²) in [7, 11) is -3.83. The molecule has 0 saturated carbocycles. The van der Waals surface area contributed by atoms with Crippen molar-refractivity contribution < 1.29 is 13.2 Å². The van der Waals surface area contributed by atoms with Crippen molar-refractivity contribution >= 4 is 44.1 Å². The minimum Gasteiger partial charge on any atom is -0.324 e. The number of primary sulfonamides is 1. The summed E-state index contributed by atoms with van der Waals surface area (Å²) in [5.74, 6) is 0.0930. The fourth-order valence-corrected chi connectivity index (χ4v) is 6.30. The predicted molar refractivity (Wildman–Crippen MR) is 170 cm³/mol. The summed E-state index contributed by atoms with van der Waals surface area (Å²) < 4.78 is 23.6. The van der Waals surface area contributed by atoms with Crippen LogP contribution in [0.2, 0.25) is 4.34 Å². The lowest BCUT2D eigenvalue weighted by Crippen LogP contribution is -2.38. The summed E-state index contributed by atoms with van der Waals surface area (Å²) >= 11 is 7.61. The van der Waals surface area contributed by atoms with E-state index in [4.69, 9.17) is 16.7 Å². The van der Waals surface area contributed by atoms with Gasteiger partial charge in [-0.2, -0.15) is 0 Å². The number of amides is 2. The SMILES string of the molecule is NS(=O)(=O)c1ccc(-c2nc(NC(=O)N(CCc3cnccn3)CCC(c3ccccc3)c3ccccc3)sc2Cl)cc1. The molecular weight excluding hydrogens is 604 g/mol. The normalized spacial score (nSPS) is 11.4. The molecule has 0 aliphatic carbocycles. The van der Waals surface area contributed by atoms with Crippen molar-refractivity contribution in [3.63, 3.8) is 0 Å². The molecule has 43 heavy (non-hydrogen) atoms. The molecule has 3 aromatic carbocycles. The lowest BCUT2D eigenvalue weighted by atomic mass is 9.88. The fourth-order valence-electron chi connectivity index (χ4n) is 4.71. The zero-order valence-corrected chi connectivity index (χ0v) is 25.4. The molecule has 0 aliphatic rings. The van der Waals surface area contributed by atoms with Crippen LogP contribution in [-0.2, 0) is 16.4 Å². The molecule has 0 aliphatic heterocycles. The first-order valence-electron chi connectivity index (χ1n) is 13.5. The lowest BCUT2D eigenvalue weighted by molar-refractivity contribution is 0.210. The van der Waals surface area contributed by atoms with Gasteiger partial charge in [-0.05, 0) is 29.7 Å². The second-order valence-corrected chi connectivity index (χ2v) is 12.9. The maximum atomic E-state index is 13.7. The van der Waals surface area contributed by atoms with Gasteiger partial charge in [-0.3, -0.25) is 15.3 Å². The Morgan fingerprint density at radius 2 is 1.58 bits per heavy atom. The van der Waals surface area contributed by atoms with Gasteiger partial charge in [-0.1, -0.05) is 95.7 Å². The Bertz CT molecular complexity index is 1710. The Kier molecular flexibility index (Phi) is 9.78. The number of thiazole rings is 1. The van der Waals surface area contributed by atoms with Crippen molar-refractivity contribution in [1.82, 2.24) is 19.9 Å². The van der Waals surface area contributed by atoms with Crippen LogP contribution in [0.5, 0.6) is 0 Å². The minimum absolute atomic E-state index is 0.0146. The Morgan fingerprint density at radius 3 is 2.16 bits per heavy atom. The van der Waals surface area contributed by atoms with E-state index in [1.807, 2.05) is 36.4 Å². The lowest BCUT2D eigenvalue weighted by Gasteiger charge is -2.26. The summed E-state index contributed by atoms with van der Waals surface area (Å²) in [6, 6.07) is 26.1. The van der Waals surface area contributed by atoms with Gasteiger partial charge in [0.15, 0.2) is 5.13 Å². The average Bonchev–Trinajstić information content (AvgIpc) is 3.39. The van der Waals surface area contributed by atoms with Crippen LogP contribution in [0.25, 0.3) is 11.3 Å². The molecule has 0 radical (unpaired) electrons. The third-order valence-corrected chi connectivity index (χ3v) is 8.99. The number of nitrogens with zero attached hydrogens (tertiary/aromatic N) is 4. The van der Waals surface area contributed by atoms with Gasteiger partial charge < -0.3 is 4.90 Å². The first-order valence-corrected chi connectivity index (χ1v) is 16.2. The van der Waals surface area contributed by atoms with E-state index in [0.717, 1.165) is 17.0 Å². The molecule has 0 saturated heterocycles. The number of carbonyl (C=O) groups excluding carboxylic acids is 1. The number of halogens is 1. The summed E-state index contributed by atoms with van der Waals surface area (Å²) in [6.45, 7) is 0.892. The summed E-state index contributed by atoms with van der Waals surface area (Å²) in [5.41, 5.74) is 4.16. The Labute approximate surface area is 259 Å². The molecule has 2 amide bonds.